The molecule has 6 aliphatic rings. The van der Waals surface area contributed by atoms with E-state index in [0.717, 1.165) is 43.4 Å². The molecule has 0 radical (unpaired) electrons. The molecule has 2 bridgehead atoms. The number of urea groups is 1. The fourth-order valence-electron chi connectivity index (χ4n) is 11.1. The number of furan rings is 1. The minimum Gasteiger partial charge on any atom is -0.461 e. The maximum absolute atomic E-state index is 14.5. The molecule has 1 aromatic carbocycles. The number of carbonyl (C=O) groups excluding carboxylic acids is 2. The van der Waals surface area contributed by atoms with Gasteiger partial charge in [-0.15, -0.1) is 11.3 Å². The van der Waals surface area contributed by atoms with Gasteiger partial charge in [0.15, 0.2) is 5.76 Å². The molecule has 0 aliphatic heterocycles. The van der Waals surface area contributed by atoms with Crippen molar-refractivity contribution in [3.05, 3.63) is 101 Å². The number of nitrogens with one attached hydrogen (secondary N) is 1. The molecule has 2 spiro atoms. The van der Waals surface area contributed by atoms with Gasteiger partial charge in [0.1, 0.15) is 0 Å². The van der Waals surface area contributed by atoms with Crippen LogP contribution in [0, 0.1) is 33.5 Å². The van der Waals surface area contributed by atoms with E-state index in [4.69, 9.17) is 4.42 Å². The van der Waals surface area contributed by atoms with Gasteiger partial charge < -0.3 is 24.8 Å². The molecule has 3 aromatic rings. The maximum atomic E-state index is 14.5. The Morgan fingerprint density at radius 2 is 1.73 bits per heavy atom. The van der Waals surface area contributed by atoms with Gasteiger partial charge in [-0.3, -0.25) is 4.79 Å². The van der Waals surface area contributed by atoms with Crippen molar-refractivity contribution >= 4 is 28.8 Å². The van der Waals surface area contributed by atoms with Crippen LogP contribution in [0.3, 0.4) is 0 Å². The average molecular weight is 667 g/mol. The third kappa shape index (κ3) is 4.51. The van der Waals surface area contributed by atoms with Crippen LogP contribution in [-0.4, -0.2) is 51.7 Å². The van der Waals surface area contributed by atoms with Gasteiger partial charge in [0.05, 0.1) is 24.5 Å². The Bertz CT molecular complexity index is 1750. The van der Waals surface area contributed by atoms with Gasteiger partial charge in [-0.2, -0.15) is 0 Å². The van der Waals surface area contributed by atoms with Crippen LogP contribution in [0.25, 0.3) is 0 Å². The Hall–Kier alpha value is -3.46. The van der Waals surface area contributed by atoms with Crippen molar-refractivity contribution in [1.82, 2.24) is 4.90 Å². The lowest BCUT2D eigenvalue weighted by molar-refractivity contribution is -0.174. The van der Waals surface area contributed by atoms with E-state index < -0.39 is 27.9 Å². The molecular formula is C40H46N2O5S. The molecule has 3 fully saturated rings. The maximum Gasteiger partial charge on any atom is 0.321 e. The largest absolute Gasteiger partial charge is 0.461 e. The molecule has 1 unspecified atom stereocenters. The Labute approximate surface area is 286 Å². The Balaban J connectivity index is 1.17. The van der Waals surface area contributed by atoms with E-state index in [1.54, 1.807) is 34.6 Å². The number of Topliss-reactive ketones (excluding diaryl/α,β-unsaturated/α-hetero) is 1. The highest BCUT2D eigenvalue weighted by atomic mass is 32.1. The van der Waals surface area contributed by atoms with E-state index in [-0.39, 0.29) is 35.6 Å². The van der Waals surface area contributed by atoms with E-state index in [1.165, 1.54) is 4.88 Å². The van der Waals surface area contributed by atoms with Crippen molar-refractivity contribution in [3.8, 4) is 0 Å². The minimum atomic E-state index is -1.15. The number of benzene rings is 1. The first-order valence-corrected chi connectivity index (χ1v) is 18.5. The number of amides is 2. The number of anilines is 1. The number of fused-ring (bicyclic) bond motifs is 1. The zero-order chi connectivity index (χ0) is 33.4. The Kier molecular flexibility index (Phi) is 7.48. The second-order valence-electron chi connectivity index (χ2n) is 15.7. The van der Waals surface area contributed by atoms with Crippen LogP contribution >= 0.6 is 11.3 Å². The summed E-state index contributed by atoms with van der Waals surface area (Å²) in [7, 11) is 0. The quantitative estimate of drug-likeness (QED) is 0.168. The summed E-state index contributed by atoms with van der Waals surface area (Å²) in [6.45, 7) is 5.30. The summed E-state index contributed by atoms with van der Waals surface area (Å²) >= 11 is 1.68. The molecule has 48 heavy (non-hydrogen) atoms. The first-order chi connectivity index (χ1) is 23.0. The first kappa shape index (κ1) is 31.8. The van der Waals surface area contributed by atoms with Gasteiger partial charge >= 0.3 is 6.03 Å². The molecular weight excluding hydrogens is 621 g/mol. The highest BCUT2D eigenvalue weighted by molar-refractivity contribution is 7.09. The van der Waals surface area contributed by atoms with E-state index in [0.29, 0.717) is 31.6 Å². The molecule has 7 nitrogen and oxygen atoms in total. The molecule has 9 rings (SSSR count). The molecule has 8 heteroatoms. The van der Waals surface area contributed by atoms with Gasteiger partial charge in [0.25, 0.3) is 0 Å². The third-order valence-electron chi connectivity index (χ3n) is 13.7. The average Bonchev–Trinajstić information content (AvgIpc) is 3.85. The van der Waals surface area contributed by atoms with E-state index >= 15 is 0 Å². The van der Waals surface area contributed by atoms with Gasteiger partial charge in [-0.05, 0) is 104 Å². The van der Waals surface area contributed by atoms with Crippen molar-refractivity contribution in [1.29, 1.82) is 0 Å². The number of allylic oxidation sites excluding steroid dienone is 4. The van der Waals surface area contributed by atoms with Crippen LogP contribution in [-0.2, 0) is 6.42 Å². The fraction of sp³-hybridized carbons (Fsp3) is 0.500. The predicted octanol–water partition coefficient (Wildman–Crippen LogP) is 7.89. The first-order valence-electron chi connectivity index (χ1n) is 17.6. The number of para-hydroxylation sites is 1. The highest BCUT2D eigenvalue weighted by Gasteiger charge is 2.74. The van der Waals surface area contributed by atoms with Gasteiger partial charge in [-0.1, -0.05) is 56.3 Å². The van der Waals surface area contributed by atoms with Crippen LogP contribution in [0.4, 0.5) is 10.5 Å². The monoisotopic (exact) mass is 666 g/mol. The molecule has 3 saturated carbocycles. The van der Waals surface area contributed by atoms with Crippen LogP contribution in [0.15, 0.2) is 94.5 Å². The van der Waals surface area contributed by atoms with E-state index in [2.05, 4.69) is 48.8 Å². The number of carbonyl (C=O) groups is 2. The number of hydrogen-bond donors (Lipinski definition) is 3. The summed E-state index contributed by atoms with van der Waals surface area (Å²) in [5, 5.41) is 29.0. The highest BCUT2D eigenvalue weighted by Crippen LogP contribution is 2.78. The second-order valence-corrected chi connectivity index (χ2v) is 16.7. The Morgan fingerprint density at radius 1 is 0.958 bits per heavy atom. The SMILES string of the molecule is C[C@]12CC[C@H]3[C@]4(C=C[C@@]5(C=C4C(=O)c4ccco4)CC(O)CC[C@]35C)[C@@H]1CC[C@@]2(O)CN(CCc1cccs1)C(=O)Nc1ccccc1. The predicted molar refractivity (Wildman–Crippen MR) is 187 cm³/mol. The van der Waals surface area contributed by atoms with E-state index in [9.17, 15) is 19.8 Å². The third-order valence-corrected chi connectivity index (χ3v) is 14.6. The zero-order valence-corrected chi connectivity index (χ0v) is 28.7. The molecule has 3 N–H and O–H groups in total. The number of rotatable bonds is 8. The molecule has 2 aromatic heterocycles. The fourth-order valence-corrected chi connectivity index (χ4v) is 11.8. The zero-order valence-electron chi connectivity index (χ0n) is 27.9. The second kappa shape index (κ2) is 11.3. The number of thiophene rings is 1. The number of ketones is 1. The lowest BCUT2D eigenvalue weighted by Crippen LogP contribution is -2.67. The summed E-state index contributed by atoms with van der Waals surface area (Å²) in [6, 6.07) is 16.9. The molecule has 8 atom stereocenters. The number of hydrogen-bond acceptors (Lipinski definition) is 6. The molecule has 2 heterocycles. The normalized spacial score (nSPS) is 37.7. The lowest BCUT2D eigenvalue weighted by atomic mass is 9.32. The smallest absolute Gasteiger partial charge is 0.321 e. The summed E-state index contributed by atoms with van der Waals surface area (Å²) in [4.78, 5) is 31.4. The summed E-state index contributed by atoms with van der Waals surface area (Å²) in [5.41, 5.74) is -1.29. The molecule has 2 amide bonds. The number of aliphatic hydroxyl groups excluding tert-OH is 1. The molecule has 0 saturated heterocycles. The van der Waals surface area contributed by atoms with Crippen LogP contribution < -0.4 is 5.32 Å². The lowest BCUT2D eigenvalue weighted by Gasteiger charge is -2.71. The van der Waals surface area contributed by atoms with Crippen molar-refractivity contribution in [2.75, 3.05) is 18.4 Å². The van der Waals surface area contributed by atoms with Crippen molar-refractivity contribution in [3.63, 3.8) is 0 Å². The standard InChI is InChI=1S/C40H46N2O5S/c1-36-16-12-28(43)24-38(36)19-20-40(30(25-38)34(44)31-11-6-22-47-31)32(36)13-17-37(2)33(40)14-18-39(37,46)26-42(21-15-29-10-7-23-48-29)35(45)41-27-8-4-3-5-9-27/h3-11,19-20,22-23,25,28,32-33,43,46H,12-18,21,24,26H2,1-2H3,(H,41,45)/t28?,32-,33-,36-,37+,38+,39-,40-/m1/s1. The number of nitrogens with zero attached hydrogens (tertiary/aromatic N) is 1. The summed E-state index contributed by atoms with van der Waals surface area (Å²) in [6.07, 6.45) is 13.9. The van der Waals surface area contributed by atoms with Crippen molar-refractivity contribution in [2.45, 2.75) is 76.9 Å². The van der Waals surface area contributed by atoms with Gasteiger partial charge in [0, 0.05) is 38.9 Å². The molecule has 6 aliphatic carbocycles. The minimum absolute atomic E-state index is 0.00605. The van der Waals surface area contributed by atoms with Crippen LogP contribution in [0.5, 0.6) is 0 Å². The van der Waals surface area contributed by atoms with Crippen LogP contribution in [0.2, 0.25) is 0 Å². The van der Waals surface area contributed by atoms with Crippen LogP contribution in [0.1, 0.15) is 74.2 Å². The van der Waals surface area contributed by atoms with Crippen molar-refractivity contribution in [2.24, 2.45) is 33.5 Å². The topological polar surface area (TPSA) is 103 Å². The summed E-state index contributed by atoms with van der Waals surface area (Å²) in [5.74, 6) is 0.435. The summed E-state index contributed by atoms with van der Waals surface area (Å²) < 4.78 is 5.71. The van der Waals surface area contributed by atoms with Gasteiger partial charge in [0.2, 0.25) is 5.78 Å². The van der Waals surface area contributed by atoms with E-state index in [1.807, 2.05) is 36.4 Å². The molecule has 252 valence electrons. The number of aliphatic hydroxyl groups is 2. The van der Waals surface area contributed by atoms with Gasteiger partial charge in [-0.25, -0.2) is 4.79 Å². The van der Waals surface area contributed by atoms with Crippen molar-refractivity contribution < 1.29 is 24.2 Å². The Morgan fingerprint density at radius 3 is 2.48 bits per heavy atom.